The monoisotopic (exact) mass is 524 g/mol. The molecule has 206 valence electrons. The van der Waals surface area contributed by atoms with E-state index in [4.69, 9.17) is 14.2 Å². The fourth-order valence-corrected chi connectivity index (χ4v) is 8.53. The van der Waals surface area contributed by atoms with Gasteiger partial charge in [0.15, 0.2) is 23.3 Å². The van der Waals surface area contributed by atoms with Crippen LogP contribution in [-0.4, -0.2) is 56.8 Å². The Hall–Kier alpha value is -2.29. The van der Waals surface area contributed by atoms with Crippen LogP contribution in [0.2, 0.25) is 0 Å². The molecular weight excluding hydrogens is 484 g/mol. The molecule has 1 aromatic rings. The van der Waals surface area contributed by atoms with Crippen molar-refractivity contribution in [2.24, 2.45) is 41.5 Å². The Labute approximate surface area is 224 Å². The van der Waals surface area contributed by atoms with Crippen molar-refractivity contribution in [1.82, 2.24) is 9.78 Å². The molecule has 0 radical (unpaired) electrons. The zero-order chi connectivity index (χ0) is 27.7. The van der Waals surface area contributed by atoms with E-state index in [0.29, 0.717) is 28.4 Å². The van der Waals surface area contributed by atoms with Crippen molar-refractivity contribution >= 4 is 11.8 Å². The zero-order valence-electron chi connectivity index (χ0n) is 23.9. The number of aromatic nitrogens is 2. The van der Waals surface area contributed by atoms with Gasteiger partial charge in [-0.2, -0.15) is 5.10 Å². The number of aryl methyl sites for hydroxylation is 2. The first-order valence-corrected chi connectivity index (χ1v) is 13.8. The third-order valence-corrected chi connectivity index (χ3v) is 10.6. The molecule has 8 heteroatoms. The lowest BCUT2D eigenvalue weighted by molar-refractivity contribution is -0.302. The van der Waals surface area contributed by atoms with Crippen LogP contribution < -0.4 is 0 Å². The second-order valence-electron chi connectivity index (χ2n) is 13.4. The van der Waals surface area contributed by atoms with Crippen molar-refractivity contribution in [3.63, 3.8) is 0 Å². The maximum absolute atomic E-state index is 14.8. The number of rotatable bonds is 2. The maximum atomic E-state index is 14.8. The minimum Gasteiger partial charge on any atom is -0.451 e. The Kier molecular flexibility index (Phi) is 5.24. The number of nitrogens with zero attached hydrogens (tertiary/aromatic N) is 2. The Bertz CT molecular complexity index is 1320. The third kappa shape index (κ3) is 3.05. The molecule has 1 aromatic heterocycles. The molecule has 6 rings (SSSR count). The molecule has 0 aromatic carbocycles. The summed E-state index contributed by atoms with van der Waals surface area (Å²) in [5.41, 5.74) is -0.00418. The fraction of sp³-hybridized carbons (Fsp3) is 0.700. The van der Waals surface area contributed by atoms with Crippen LogP contribution in [0.5, 0.6) is 0 Å². The van der Waals surface area contributed by atoms with Gasteiger partial charge in [0.05, 0.1) is 17.7 Å². The first-order valence-electron chi connectivity index (χ1n) is 13.8. The van der Waals surface area contributed by atoms with E-state index < -0.39 is 35.0 Å². The van der Waals surface area contributed by atoms with Gasteiger partial charge in [-0.3, -0.25) is 9.48 Å². The number of ether oxygens (including phenoxy) is 3. The third-order valence-electron chi connectivity index (χ3n) is 10.6. The van der Waals surface area contributed by atoms with Gasteiger partial charge in [0.2, 0.25) is 0 Å². The number of hydrogen-bond donors (Lipinski definition) is 1. The minimum atomic E-state index is -1.82. The highest BCUT2D eigenvalue weighted by molar-refractivity contribution is 5.96. The van der Waals surface area contributed by atoms with Gasteiger partial charge in [0.1, 0.15) is 11.7 Å². The summed E-state index contributed by atoms with van der Waals surface area (Å²) in [6.07, 6.45) is 2.80. The van der Waals surface area contributed by atoms with E-state index in [2.05, 4.69) is 25.9 Å². The first kappa shape index (κ1) is 26.0. The number of carbonyl (C=O) groups is 2. The molecule has 2 heterocycles. The van der Waals surface area contributed by atoms with E-state index in [1.165, 1.54) is 0 Å². The standard InChI is InChI=1S/C30H40N2O6/c1-14-12-29-15(2)10-20-22(27(20,5)6)19(23(29)33)11-18-13-36-28(7,8)38-25(18)30(29,35)24(14)37-26(34)21-16(3)31-32(9)17(21)4/h11-12,15,19-20,22,24-25,35H,10,13H2,1-9H3/t15?,19-,20+,22-,24-,25+,29?,30+/m0/s1. The second-order valence-corrected chi connectivity index (χ2v) is 13.4. The van der Waals surface area contributed by atoms with Crippen molar-refractivity contribution in [2.45, 2.75) is 85.4 Å². The molecule has 2 saturated carbocycles. The zero-order valence-corrected chi connectivity index (χ0v) is 23.9. The topological polar surface area (TPSA) is 99.9 Å². The van der Waals surface area contributed by atoms with Gasteiger partial charge in [0, 0.05) is 18.7 Å². The van der Waals surface area contributed by atoms with Crippen LogP contribution in [0.3, 0.4) is 0 Å². The molecule has 38 heavy (non-hydrogen) atoms. The maximum Gasteiger partial charge on any atom is 0.342 e. The SMILES string of the molecule is CC1=CC23C(=O)[C@@H](C=C4COC(C)(C)O[C@H]4[C@]2(O)[C@H]1OC(=O)c1c(C)nn(C)c1C)[C@H]1[C@@H](CC3C)C1(C)C. The van der Waals surface area contributed by atoms with Gasteiger partial charge >= 0.3 is 5.97 Å². The molecule has 1 aliphatic heterocycles. The van der Waals surface area contributed by atoms with Gasteiger partial charge in [-0.05, 0) is 75.4 Å². The van der Waals surface area contributed by atoms with E-state index >= 15 is 0 Å². The number of carbonyl (C=O) groups excluding carboxylic acids is 2. The van der Waals surface area contributed by atoms with E-state index in [1.807, 2.05) is 39.8 Å². The molecule has 8 atom stereocenters. The summed E-state index contributed by atoms with van der Waals surface area (Å²) in [6.45, 7) is 15.8. The number of aliphatic hydroxyl groups is 1. The van der Waals surface area contributed by atoms with Crippen molar-refractivity contribution in [3.8, 4) is 0 Å². The normalized spacial score (nSPS) is 42.1. The van der Waals surface area contributed by atoms with Crippen LogP contribution in [0.25, 0.3) is 0 Å². The lowest BCUT2D eigenvalue weighted by Gasteiger charge is -2.52. The predicted octanol–water partition coefficient (Wildman–Crippen LogP) is 3.83. The number of esters is 1. The quantitative estimate of drug-likeness (QED) is 0.464. The number of Topliss-reactive ketones (excluding diaryl/α,β-unsaturated/α-hetero) is 1. The highest BCUT2D eigenvalue weighted by atomic mass is 16.7. The summed E-state index contributed by atoms with van der Waals surface area (Å²) in [5, 5.41) is 17.5. The molecule has 2 unspecified atom stereocenters. The molecule has 4 aliphatic carbocycles. The van der Waals surface area contributed by atoms with Crippen molar-refractivity contribution in [2.75, 3.05) is 6.61 Å². The molecule has 2 bridgehead atoms. The predicted molar refractivity (Wildman–Crippen MR) is 139 cm³/mol. The van der Waals surface area contributed by atoms with Crippen molar-refractivity contribution in [3.05, 3.63) is 40.2 Å². The Morgan fingerprint density at radius 3 is 2.53 bits per heavy atom. The summed E-state index contributed by atoms with van der Waals surface area (Å²) in [5.74, 6) is -1.52. The van der Waals surface area contributed by atoms with Gasteiger partial charge in [-0.25, -0.2) is 4.79 Å². The van der Waals surface area contributed by atoms with Crippen LogP contribution in [0.4, 0.5) is 0 Å². The van der Waals surface area contributed by atoms with Crippen molar-refractivity contribution < 1.29 is 28.9 Å². The van der Waals surface area contributed by atoms with Crippen molar-refractivity contribution in [1.29, 1.82) is 0 Å². The molecule has 1 N–H and O–H groups in total. The smallest absolute Gasteiger partial charge is 0.342 e. The van der Waals surface area contributed by atoms with Crippen LogP contribution >= 0.6 is 0 Å². The van der Waals surface area contributed by atoms with Gasteiger partial charge in [-0.15, -0.1) is 0 Å². The molecular formula is C30H40N2O6. The number of allylic oxidation sites excluding steroid dienone is 1. The Morgan fingerprint density at radius 1 is 1.21 bits per heavy atom. The average Bonchev–Trinajstić information content (AvgIpc) is 3.18. The summed E-state index contributed by atoms with van der Waals surface area (Å²) in [4.78, 5) is 28.4. The second kappa shape index (κ2) is 7.67. The average molecular weight is 525 g/mol. The van der Waals surface area contributed by atoms with E-state index in [9.17, 15) is 14.7 Å². The molecule has 5 aliphatic rings. The molecule has 0 amide bonds. The number of hydrogen-bond acceptors (Lipinski definition) is 7. The fourth-order valence-electron chi connectivity index (χ4n) is 8.53. The highest BCUT2D eigenvalue weighted by Crippen LogP contribution is 2.72. The summed E-state index contributed by atoms with van der Waals surface area (Å²) in [6, 6.07) is 0. The number of fused-ring (bicyclic) bond motifs is 5. The highest BCUT2D eigenvalue weighted by Gasteiger charge is 2.77. The van der Waals surface area contributed by atoms with Gasteiger partial charge < -0.3 is 19.3 Å². The van der Waals surface area contributed by atoms with Crippen LogP contribution in [0.15, 0.2) is 23.3 Å². The van der Waals surface area contributed by atoms with E-state index in [0.717, 1.165) is 12.0 Å². The lowest BCUT2D eigenvalue weighted by atomic mass is 9.59. The van der Waals surface area contributed by atoms with Crippen LogP contribution in [-0.2, 0) is 26.1 Å². The van der Waals surface area contributed by atoms with Crippen LogP contribution in [0, 0.1) is 48.3 Å². The summed E-state index contributed by atoms with van der Waals surface area (Å²) < 4.78 is 20.4. The van der Waals surface area contributed by atoms with E-state index in [1.54, 1.807) is 18.7 Å². The Balaban J connectivity index is 1.52. The van der Waals surface area contributed by atoms with E-state index in [-0.39, 0.29) is 35.6 Å². The summed E-state index contributed by atoms with van der Waals surface area (Å²) >= 11 is 0. The first-order chi connectivity index (χ1) is 17.6. The number of ketones is 1. The molecule has 3 fully saturated rings. The molecule has 1 spiro atoms. The molecule has 8 nitrogen and oxygen atoms in total. The Morgan fingerprint density at radius 2 is 1.89 bits per heavy atom. The minimum absolute atomic E-state index is 0.000481. The lowest BCUT2D eigenvalue weighted by Crippen LogP contribution is -2.68. The van der Waals surface area contributed by atoms with Gasteiger partial charge in [-0.1, -0.05) is 32.9 Å². The summed E-state index contributed by atoms with van der Waals surface area (Å²) in [7, 11) is 1.78. The largest absolute Gasteiger partial charge is 0.451 e. The van der Waals surface area contributed by atoms with Gasteiger partial charge in [0.25, 0.3) is 0 Å². The van der Waals surface area contributed by atoms with Crippen LogP contribution in [0.1, 0.15) is 69.7 Å². The molecule has 1 saturated heterocycles.